The number of ether oxygens (including phenoxy) is 2. The van der Waals surface area contributed by atoms with Crippen molar-refractivity contribution in [1.82, 2.24) is 0 Å². The zero-order chi connectivity index (χ0) is 13.8. The van der Waals surface area contributed by atoms with Gasteiger partial charge in [-0.3, -0.25) is 0 Å². The first-order chi connectivity index (χ1) is 8.28. The Morgan fingerprint density at radius 3 is 1.28 bits per heavy atom. The van der Waals surface area contributed by atoms with E-state index in [0.717, 1.165) is 0 Å². The molecule has 4 nitrogen and oxygen atoms in total. The van der Waals surface area contributed by atoms with E-state index in [0.29, 0.717) is 11.5 Å². The fourth-order valence-corrected chi connectivity index (χ4v) is 1.21. The molecular formula is C14H16N2O2. The molecule has 1 aromatic rings. The van der Waals surface area contributed by atoms with Gasteiger partial charge in [0.05, 0.1) is 0 Å². The summed E-state index contributed by atoms with van der Waals surface area (Å²) < 4.78 is 11.0. The molecule has 18 heavy (non-hydrogen) atoms. The minimum atomic E-state index is -0.867. The van der Waals surface area contributed by atoms with Gasteiger partial charge in [-0.15, -0.1) is 0 Å². The van der Waals surface area contributed by atoms with Crippen LogP contribution >= 0.6 is 0 Å². The SMILES string of the molecule is CC(C)(C#N)Oc1ccc(OC(C)(C)C#N)cc1. The van der Waals surface area contributed by atoms with E-state index in [1.165, 1.54) is 0 Å². The molecule has 0 spiro atoms. The van der Waals surface area contributed by atoms with Gasteiger partial charge in [0.2, 0.25) is 0 Å². The summed E-state index contributed by atoms with van der Waals surface area (Å²) in [5, 5.41) is 17.7. The second-order valence-electron chi connectivity index (χ2n) is 4.92. The quantitative estimate of drug-likeness (QED) is 0.816. The van der Waals surface area contributed by atoms with Crippen LogP contribution in [0.15, 0.2) is 24.3 Å². The zero-order valence-electron chi connectivity index (χ0n) is 11.0. The smallest absolute Gasteiger partial charge is 0.188 e. The molecule has 0 aromatic heterocycles. The summed E-state index contributed by atoms with van der Waals surface area (Å²) in [6.07, 6.45) is 0. The van der Waals surface area contributed by atoms with Crippen LogP contribution in [0.3, 0.4) is 0 Å². The average molecular weight is 244 g/mol. The highest BCUT2D eigenvalue weighted by Crippen LogP contribution is 2.24. The summed E-state index contributed by atoms with van der Waals surface area (Å²) in [5.41, 5.74) is -1.73. The molecule has 0 saturated carbocycles. The van der Waals surface area contributed by atoms with E-state index in [4.69, 9.17) is 20.0 Å². The van der Waals surface area contributed by atoms with Crippen molar-refractivity contribution in [1.29, 1.82) is 10.5 Å². The molecule has 0 radical (unpaired) electrons. The summed E-state index contributed by atoms with van der Waals surface area (Å²) in [6.45, 7) is 6.76. The molecule has 0 N–H and O–H groups in total. The first-order valence-corrected chi connectivity index (χ1v) is 5.59. The van der Waals surface area contributed by atoms with E-state index in [1.807, 2.05) is 0 Å². The molecule has 0 aliphatic rings. The molecule has 0 amide bonds. The Morgan fingerprint density at radius 2 is 1.06 bits per heavy atom. The summed E-state index contributed by atoms with van der Waals surface area (Å²) in [7, 11) is 0. The van der Waals surface area contributed by atoms with Crippen molar-refractivity contribution in [3.8, 4) is 23.6 Å². The lowest BCUT2D eigenvalue weighted by molar-refractivity contribution is 0.163. The van der Waals surface area contributed by atoms with Gasteiger partial charge < -0.3 is 9.47 Å². The summed E-state index contributed by atoms with van der Waals surface area (Å²) in [5.74, 6) is 1.17. The maximum Gasteiger partial charge on any atom is 0.188 e. The van der Waals surface area contributed by atoms with Gasteiger partial charge in [-0.1, -0.05) is 0 Å². The Bertz CT molecular complexity index is 443. The van der Waals surface area contributed by atoms with Crippen LogP contribution in [0.5, 0.6) is 11.5 Å². The third-order valence-electron chi connectivity index (χ3n) is 2.11. The lowest BCUT2D eigenvalue weighted by Crippen LogP contribution is -2.26. The van der Waals surface area contributed by atoms with Gasteiger partial charge in [0.15, 0.2) is 11.2 Å². The second kappa shape index (κ2) is 4.98. The molecule has 0 aliphatic carbocycles. The van der Waals surface area contributed by atoms with Gasteiger partial charge in [0.25, 0.3) is 0 Å². The summed E-state index contributed by atoms with van der Waals surface area (Å²) in [4.78, 5) is 0. The Hall–Kier alpha value is -2.20. The lowest BCUT2D eigenvalue weighted by atomic mass is 10.1. The largest absolute Gasteiger partial charge is 0.473 e. The van der Waals surface area contributed by atoms with Gasteiger partial charge in [-0.2, -0.15) is 10.5 Å². The van der Waals surface area contributed by atoms with E-state index in [1.54, 1.807) is 52.0 Å². The molecule has 4 heteroatoms. The maximum atomic E-state index is 8.86. The van der Waals surface area contributed by atoms with Crippen molar-refractivity contribution >= 4 is 0 Å². The van der Waals surface area contributed by atoms with E-state index >= 15 is 0 Å². The highest BCUT2D eigenvalue weighted by atomic mass is 16.5. The standard InChI is InChI=1S/C14H16N2O2/c1-13(2,9-15)17-11-5-7-12(8-6-11)18-14(3,4)10-16/h5-8H,1-4H3. The van der Waals surface area contributed by atoms with E-state index in [9.17, 15) is 0 Å². The van der Waals surface area contributed by atoms with Gasteiger partial charge >= 0.3 is 0 Å². The Balaban J connectivity index is 2.77. The van der Waals surface area contributed by atoms with Crippen molar-refractivity contribution in [2.45, 2.75) is 38.9 Å². The normalized spacial score (nSPS) is 11.2. The fourth-order valence-electron chi connectivity index (χ4n) is 1.21. The zero-order valence-corrected chi connectivity index (χ0v) is 11.0. The van der Waals surface area contributed by atoms with Crippen molar-refractivity contribution in [3.63, 3.8) is 0 Å². The highest BCUT2D eigenvalue weighted by molar-refractivity contribution is 5.33. The van der Waals surface area contributed by atoms with E-state index in [2.05, 4.69) is 12.1 Å². The maximum absolute atomic E-state index is 8.86. The molecule has 1 rings (SSSR count). The van der Waals surface area contributed by atoms with Crippen LogP contribution in [0.2, 0.25) is 0 Å². The predicted octanol–water partition coefficient (Wildman–Crippen LogP) is 3.05. The number of nitrogens with zero attached hydrogens (tertiary/aromatic N) is 2. The van der Waals surface area contributed by atoms with Crippen molar-refractivity contribution in [2.75, 3.05) is 0 Å². The van der Waals surface area contributed by atoms with Gasteiger partial charge in [0.1, 0.15) is 23.6 Å². The molecular weight excluding hydrogens is 228 g/mol. The molecule has 1 aromatic carbocycles. The molecule has 0 atom stereocenters. The number of rotatable bonds is 4. The van der Waals surface area contributed by atoms with Crippen LogP contribution in [0.4, 0.5) is 0 Å². The molecule has 0 saturated heterocycles. The molecule has 94 valence electrons. The minimum absolute atomic E-state index is 0.587. The Morgan fingerprint density at radius 1 is 0.778 bits per heavy atom. The first kappa shape index (κ1) is 13.9. The molecule has 0 unspecified atom stereocenters. The predicted molar refractivity (Wildman–Crippen MR) is 67.1 cm³/mol. The van der Waals surface area contributed by atoms with Crippen LogP contribution in [0.1, 0.15) is 27.7 Å². The Labute approximate surface area is 107 Å². The molecule has 0 heterocycles. The molecule has 0 bridgehead atoms. The minimum Gasteiger partial charge on any atom is -0.473 e. The number of hydrogen-bond donors (Lipinski definition) is 0. The van der Waals surface area contributed by atoms with Crippen LogP contribution in [0.25, 0.3) is 0 Å². The van der Waals surface area contributed by atoms with Crippen LogP contribution < -0.4 is 9.47 Å². The fraction of sp³-hybridized carbons (Fsp3) is 0.429. The van der Waals surface area contributed by atoms with E-state index < -0.39 is 11.2 Å². The summed E-state index contributed by atoms with van der Waals surface area (Å²) >= 11 is 0. The molecule has 0 aliphatic heterocycles. The van der Waals surface area contributed by atoms with E-state index in [-0.39, 0.29) is 0 Å². The average Bonchev–Trinajstić information content (AvgIpc) is 2.31. The number of nitriles is 2. The highest BCUT2D eigenvalue weighted by Gasteiger charge is 2.20. The third kappa shape index (κ3) is 3.99. The lowest BCUT2D eigenvalue weighted by Gasteiger charge is -2.20. The topological polar surface area (TPSA) is 66.0 Å². The van der Waals surface area contributed by atoms with Crippen molar-refractivity contribution in [2.24, 2.45) is 0 Å². The number of hydrogen-bond acceptors (Lipinski definition) is 4. The molecule has 0 fully saturated rings. The first-order valence-electron chi connectivity index (χ1n) is 5.59. The van der Waals surface area contributed by atoms with Gasteiger partial charge in [-0.05, 0) is 52.0 Å². The Kier molecular flexibility index (Phi) is 3.83. The van der Waals surface area contributed by atoms with Gasteiger partial charge in [0, 0.05) is 0 Å². The third-order valence-corrected chi connectivity index (χ3v) is 2.11. The number of benzene rings is 1. The monoisotopic (exact) mass is 244 g/mol. The van der Waals surface area contributed by atoms with Crippen LogP contribution in [0, 0.1) is 22.7 Å². The van der Waals surface area contributed by atoms with Gasteiger partial charge in [-0.25, -0.2) is 0 Å². The second-order valence-corrected chi connectivity index (χ2v) is 4.92. The van der Waals surface area contributed by atoms with Crippen molar-refractivity contribution in [3.05, 3.63) is 24.3 Å². The summed E-state index contributed by atoms with van der Waals surface area (Å²) in [6, 6.07) is 11.0. The van der Waals surface area contributed by atoms with Crippen LogP contribution in [-0.4, -0.2) is 11.2 Å². The van der Waals surface area contributed by atoms with Crippen molar-refractivity contribution < 1.29 is 9.47 Å². The van der Waals surface area contributed by atoms with Crippen LogP contribution in [-0.2, 0) is 0 Å².